The maximum atomic E-state index is 14.4. The monoisotopic (exact) mass is 353 g/mol. The van der Waals surface area contributed by atoms with Gasteiger partial charge in [0.05, 0.1) is 12.7 Å². The van der Waals surface area contributed by atoms with Gasteiger partial charge in [-0.3, -0.25) is 0 Å². The molecule has 3 aromatic rings. The van der Waals surface area contributed by atoms with Crippen LogP contribution in [0.25, 0.3) is 22.4 Å². The predicted octanol–water partition coefficient (Wildman–Crippen LogP) is 3.26. The van der Waals surface area contributed by atoms with Gasteiger partial charge in [0.2, 0.25) is 6.29 Å². The summed E-state index contributed by atoms with van der Waals surface area (Å²) >= 11 is 6.18. The average molecular weight is 354 g/mol. The first-order valence-corrected chi connectivity index (χ1v) is 7.27. The van der Waals surface area contributed by atoms with E-state index in [2.05, 4.69) is 24.9 Å². The smallest absolute Gasteiger partial charge is 0.261 e. The minimum Gasteiger partial charge on any atom is -0.362 e. The van der Waals surface area contributed by atoms with Crippen LogP contribution < -0.4 is 0 Å². The zero-order valence-electron chi connectivity index (χ0n) is 13.0. The summed E-state index contributed by atoms with van der Waals surface area (Å²) in [5.74, 6) is -0.0344. The summed E-state index contributed by atoms with van der Waals surface area (Å²) in [7, 11) is 1.24. The van der Waals surface area contributed by atoms with Crippen LogP contribution in [0.4, 0.5) is 4.39 Å². The standard InChI is InChI=1S/C15H13ClFN3O4/c1-6-9-4-8(15(21)24-22-3)5-10(17)12(9)19-13(16)11(6)14-18-7(2)20-23-14/h4-5,15,21H,1-3H3. The van der Waals surface area contributed by atoms with Gasteiger partial charge in [-0.2, -0.15) is 9.87 Å². The Morgan fingerprint density at radius 1 is 1.29 bits per heavy atom. The molecule has 24 heavy (non-hydrogen) atoms. The van der Waals surface area contributed by atoms with Crippen molar-refractivity contribution in [3.63, 3.8) is 0 Å². The van der Waals surface area contributed by atoms with E-state index in [9.17, 15) is 9.50 Å². The Kier molecular flexibility index (Phi) is 4.46. The first-order chi connectivity index (χ1) is 11.4. The molecule has 0 radical (unpaired) electrons. The van der Waals surface area contributed by atoms with Crippen LogP contribution in [-0.2, 0) is 9.78 Å². The van der Waals surface area contributed by atoms with Gasteiger partial charge < -0.3 is 9.63 Å². The lowest BCUT2D eigenvalue weighted by molar-refractivity contribution is -0.358. The van der Waals surface area contributed by atoms with Gasteiger partial charge in [0, 0.05) is 10.9 Å². The van der Waals surface area contributed by atoms with Gasteiger partial charge in [0.1, 0.15) is 16.5 Å². The summed E-state index contributed by atoms with van der Waals surface area (Å²) in [5, 5.41) is 14.0. The maximum Gasteiger partial charge on any atom is 0.261 e. The molecular formula is C15H13ClFN3O4. The number of fused-ring (bicyclic) bond motifs is 1. The Bertz CT molecular complexity index is 915. The summed E-state index contributed by atoms with van der Waals surface area (Å²) in [6, 6.07) is 2.64. The number of nitrogens with zero attached hydrogens (tertiary/aromatic N) is 3. The third-order valence-corrected chi connectivity index (χ3v) is 3.77. The topological polar surface area (TPSA) is 90.5 Å². The Labute approximate surface area is 140 Å². The number of aryl methyl sites for hydroxylation is 2. The van der Waals surface area contributed by atoms with Gasteiger partial charge in [-0.05, 0) is 31.5 Å². The Morgan fingerprint density at radius 2 is 2.04 bits per heavy atom. The molecule has 3 rings (SSSR count). The van der Waals surface area contributed by atoms with E-state index in [0.29, 0.717) is 22.3 Å². The van der Waals surface area contributed by atoms with Gasteiger partial charge in [0.25, 0.3) is 5.89 Å². The van der Waals surface area contributed by atoms with Gasteiger partial charge in [-0.25, -0.2) is 14.3 Å². The molecule has 0 bridgehead atoms. The number of aliphatic hydroxyl groups excluding tert-OH is 1. The van der Waals surface area contributed by atoms with Crippen LogP contribution in [0.2, 0.25) is 5.15 Å². The second-order valence-electron chi connectivity index (χ2n) is 5.06. The van der Waals surface area contributed by atoms with Crippen LogP contribution in [0.5, 0.6) is 0 Å². The van der Waals surface area contributed by atoms with Gasteiger partial charge >= 0.3 is 0 Å². The summed E-state index contributed by atoms with van der Waals surface area (Å²) in [5.41, 5.74) is 1.22. The summed E-state index contributed by atoms with van der Waals surface area (Å²) in [4.78, 5) is 17.2. The van der Waals surface area contributed by atoms with Gasteiger partial charge in [0.15, 0.2) is 5.82 Å². The molecule has 2 aromatic heterocycles. The molecule has 0 fully saturated rings. The molecule has 9 heteroatoms. The fraction of sp³-hybridized carbons (Fsp3) is 0.267. The molecule has 0 saturated carbocycles. The summed E-state index contributed by atoms with van der Waals surface area (Å²) in [6.07, 6.45) is -1.45. The van der Waals surface area contributed by atoms with E-state index < -0.39 is 12.1 Å². The number of halogens is 2. The number of aromatic nitrogens is 3. The third-order valence-electron chi connectivity index (χ3n) is 3.49. The highest BCUT2D eigenvalue weighted by atomic mass is 35.5. The van der Waals surface area contributed by atoms with Crippen molar-refractivity contribution in [1.29, 1.82) is 0 Å². The van der Waals surface area contributed by atoms with Crippen molar-refractivity contribution in [3.05, 3.63) is 40.1 Å². The molecule has 0 saturated heterocycles. The predicted molar refractivity (Wildman–Crippen MR) is 82.5 cm³/mol. The van der Waals surface area contributed by atoms with E-state index in [1.165, 1.54) is 13.2 Å². The second kappa shape index (κ2) is 6.40. The lowest BCUT2D eigenvalue weighted by atomic mass is 10.0. The van der Waals surface area contributed by atoms with Crippen molar-refractivity contribution in [2.45, 2.75) is 20.1 Å². The molecular weight excluding hydrogens is 341 g/mol. The minimum absolute atomic E-state index is 0.0454. The SMILES string of the molecule is COOC(O)c1cc(F)c2nc(Cl)c(-c3nc(C)no3)c(C)c2c1. The molecule has 126 valence electrons. The molecule has 0 amide bonds. The fourth-order valence-corrected chi connectivity index (χ4v) is 2.71. The molecule has 0 spiro atoms. The van der Waals surface area contributed by atoms with Crippen LogP contribution >= 0.6 is 11.6 Å². The summed E-state index contributed by atoms with van der Waals surface area (Å²) < 4.78 is 19.5. The van der Waals surface area contributed by atoms with Gasteiger partial charge in [-0.15, -0.1) is 0 Å². The van der Waals surface area contributed by atoms with E-state index in [0.717, 1.165) is 6.07 Å². The molecule has 1 atom stereocenters. The van der Waals surface area contributed by atoms with Crippen molar-refractivity contribution < 1.29 is 23.8 Å². The number of hydrogen-bond acceptors (Lipinski definition) is 7. The second-order valence-corrected chi connectivity index (χ2v) is 5.42. The normalized spacial score (nSPS) is 12.8. The van der Waals surface area contributed by atoms with Crippen molar-refractivity contribution in [3.8, 4) is 11.5 Å². The van der Waals surface area contributed by atoms with Crippen molar-refractivity contribution >= 4 is 22.5 Å². The highest BCUT2D eigenvalue weighted by Crippen LogP contribution is 2.35. The Morgan fingerprint density at radius 3 is 2.67 bits per heavy atom. The van der Waals surface area contributed by atoms with Crippen molar-refractivity contribution in [2.75, 3.05) is 7.11 Å². The molecule has 1 aromatic carbocycles. The highest BCUT2D eigenvalue weighted by molar-refractivity contribution is 6.32. The lowest BCUT2D eigenvalue weighted by Gasteiger charge is -2.13. The zero-order chi connectivity index (χ0) is 17.4. The van der Waals surface area contributed by atoms with Crippen molar-refractivity contribution in [1.82, 2.24) is 15.1 Å². The van der Waals surface area contributed by atoms with E-state index >= 15 is 0 Å². The highest BCUT2D eigenvalue weighted by Gasteiger charge is 2.21. The van der Waals surface area contributed by atoms with Crippen molar-refractivity contribution in [2.24, 2.45) is 0 Å². The Hall–Kier alpha value is -2.13. The lowest BCUT2D eigenvalue weighted by Crippen LogP contribution is -2.04. The van der Waals surface area contributed by atoms with E-state index in [4.69, 9.17) is 16.1 Å². The van der Waals surface area contributed by atoms with Gasteiger partial charge in [-0.1, -0.05) is 16.8 Å². The number of rotatable bonds is 4. The average Bonchev–Trinajstić information content (AvgIpc) is 2.94. The van der Waals surface area contributed by atoms with E-state index in [1.54, 1.807) is 13.8 Å². The Balaban J connectivity index is 2.25. The maximum absolute atomic E-state index is 14.4. The van der Waals surface area contributed by atoms with Crippen LogP contribution in [0, 0.1) is 19.7 Å². The van der Waals surface area contributed by atoms with Crippen LogP contribution in [-0.4, -0.2) is 27.3 Å². The summed E-state index contributed by atoms with van der Waals surface area (Å²) in [6.45, 7) is 3.39. The number of benzene rings is 1. The fourth-order valence-electron chi connectivity index (χ4n) is 2.40. The number of aliphatic hydroxyl groups is 1. The third kappa shape index (κ3) is 2.84. The first-order valence-electron chi connectivity index (χ1n) is 6.89. The molecule has 1 N–H and O–H groups in total. The largest absolute Gasteiger partial charge is 0.362 e. The number of pyridine rings is 1. The van der Waals surface area contributed by atoms with Crippen LogP contribution in [0.1, 0.15) is 23.2 Å². The van der Waals surface area contributed by atoms with E-state index in [-0.39, 0.29) is 22.1 Å². The zero-order valence-corrected chi connectivity index (χ0v) is 13.8. The first kappa shape index (κ1) is 16.7. The van der Waals surface area contributed by atoms with E-state index in [1.807, 2.05) is 0 Å². The molecule has 0 aliphatic rings. The molecule has 7 nitrogen and oxygen atoms in total. The molecule has 0 aliphatic carbocycles. The van der Waals surface area contributed by atoms with Crippen LogP contribution in [0.3, 0.4) is 0 Å². The van der Waals surface area contributed by atoms with Crippen LogP contribution in [0.15, 0.2) is 16.7 Å². The molecule has 0 aliphatic heterocycles. The number of hydrogen-bond donors (Lipinski definition) is 1. The minimum atomic E-state index is -1.45. The quantitative estimate of drug-likeness (QED) is 0.333. The molecule has 1 unspecified atom stereocenters. The molecule has 2 heterocycles.